The van der Waals surface area contributed by atoms with Crippen molar-refractivity contribution >= 4 is 11.8 Å². The number of nitrogens with one attached hydrogen (secondary N) is 2. The van der Waals surface area contributed by atoms with Crippen LogP contribution >= 0.6 is 0 Å². The lowest BCUT2D eigenvalue weighted by Gasteiger charge is -2.26. The molecule has 23 heavy (non-hydrogen) atoms. The van der Waals surface area contributed by atoms with Crippen molar-refractivity contribution in [3.63, 3.8) is 0 Å². The Morgan fingerprint density at radius 2 is 1.61 bits per heavy atom. The summed E-state index contributed by atoms with van der Waals surface area (Å²) in [7, 11) is 0. The van der Waals surface area contributed by atoms with Crippen molar-refractivity contribution in [1.82, 2.24) is 10.6 Å². The Morgan fingerprint density at radius 1 is 1.09 bits per heavy atom. The summed E-state index contributed by atoms with van der Waals surface area (Å²) in [5.74, 6) is -0.626. The summed E-state index contributed by atoms with van der Waals surface area (Å²) in [4.78, 5) is 24.2. The van der Waals surface area contributed by atoms with Gasteiger partial charge in [-0.05, 0) is 43.9 Å². The maximum atomic E-state index is 12.2. The molecule has 1 atom stereocenters. The van der Waals surface area contributed by atoms with E-state index in [1.807, 2.05) is 12.1 Å². The van der Waals surface area contributed by atoms with Gasteiger partial charge in [0.05, 0.1) is 12.1 Å². The van der Waals surface area contributed by atoms with E-state index in [-0.39, 0.29) is 23.8 Å². The fourth-order valence-electron chi connectivity index (χ4n) is 1.95. The standard InChI is InChI=1S/C18H28N2O3/c1-12(15(22)20-18(5,6)11-21)19-16(23)13-7-9-14(10-8-13)17(2,3)4/h7-10,12,21H,11H2,1-6H3,(H,19,23)(H,20,22). The van der Waals surface area contributed by atoms with Gasteiger partial charge in [0.15, 0.2) is 0 Å². The van der Waals surface area contributed by atoms with Crippen LogP contribution in [0.1, 0.15) is 57.5 Å². The highest BCUT2D eigenvalue weighted by Gasteiger charge is 2.24. The molecule has 1 unspecified atom stereocenters. The first-order valence-corrected chi connectivity index (χ1v) is 7.80. The molecule has 128 valence electrons. The van der Waals surface area contributed by atoms with Crippen LogP contribution in [0.25, 0.3) is 0 Å². The van der Waals surface area contributed by atoms with E-state index in [0.29, 0.717) is 5.56 Å². The minimum atomic E-state index is -0.718. The Hall–Kier alpha value is -1.88. The lowest BCUT2D eigenvalue weighted by atomic mass is 9.86. The molecule has 0 aromatic heterocycles. The van der Waals surface area contributed by atoms with Crippen molar-refractivity contribution in [1.29, 1.82) is 0 Å². The average Bonchev–Trinajstić information content (AvgIpc) is 2.46. The second kappa shape index (κ2) is 7.13. The topological polar surface area (TPSA) is 78.4 Å². The van der Waals surface area contributed by atoms with Gasteiger partial charge in [-0.25, -0.2) is 0 Å². The zero-order valence-electron chi connectivity index (χ0n) is 14.9. The average molecular weight is 320 g/mol. The predicted octanol–water partition coefficient (Wildman–Crippen LogP) is 1.99. The molecule has 0 saturated heterocycles. The van der Waals surface area contributed by atoms with Crippen LogP contribution in [-0.2, 0) is 10.2 Å². The van der Waals surface area contributed by atoms with E-state index in [1.165, 1.54) is 0 Å². The van der Waals surface area contributed by atoms with Crippen LogP contribution in [0.5, 0.6) is 0 Å². The highest BCUT2D eigenvalue weighted by molar-refractivity contribution is 5.97. The van der Waals surface area contributed by atoms with E-state index in [4.69, 9.17) is 0 Å². The fourth-order valence-corrected chi connectivity index (χ4v) is 1.95. The highest BCUT2D eigenvalue weighted by Crippen LogP contribution is 2.22. The number of aliphatic hydroxyl groups is 1. The Kier molecular flexibility index (Phi) is 5.94. The van der Waals surface area contributed by atoms with E-state index in [2.05, 4.69) is 31.4 Å². The van der Waals surface area contributed by atoms with Crippen molar-refractivity contribution < 1.29 is 14.7 Å². The van der Waals surface area contributed by atoms with E-state index in [0.717, 1.165) is 5.56 Å². The number of amides is 2. The van der Waals surface area contributed by atoms with Gasteiger partial charge in [0.25, 0.3) is 5.91 Å². The summed E-state index contributed by atoms with van der Waals surface area (Å²) in [6.45, 7) is 11.2. The van der Waals surface area contributed by atoms with E-state index >= 15 is 0 Å². The van der Waals surface area contributed by atoms with Crippen molar-refractivity contribution in [3.8, 4) is 0 Å². The number of carbonyl (C=O) groups excluding carboxylic acids is 2. The molecule has 5 heteroatoms. The smallest absolute Gasteiger partial charge is 0.251 e. The monoisotopic (exact) mass is 320 g/mol. The van der Waals surface area contributed by atoms with Crippen LogP contribution in [0.15, 0.2) is 24.3 Å². The third-order valence-electron chi connectivity index (χ3n) is 3.61. The Bertz CT molecular complexity index is 557. The second-order valence-electron chi connectivity index (χ2n) is 7.55. The first-order chi connectivity index (χ1) is 10.5. The molecule has 5 nitrogen and oxygen atoms in total. The molecule has 1 aromatic carbocycles. The lowest BCUT2D eigenvalue weighted by molar-refractivity contribution is -0.124. The molecule has 0 aliphatic rings. The van der Waals surface area contributed by atoms with E-state index < -0.39 is 11.6 Å². The molecule has 0 aliphatic carbocycles. The van der Waals surface area contributed by atoms with Gasteiger partial charge in [-0.15, -0.1) is 0 Å². The molecule has 0 fully saturated rings. The number of carbonyl (C=O) groups is 2. The zero-order chi connectivity index (χ0) is 17.8. The van der Waals surface area contributed by atoms with Gasteiger partial charge in [0.2, 0.25) is 5.91 Å². The SMILES string of the molecule is CC(NC(=O)c1ccc(C(C)(C)C)cc1)C(=O)NC(C)(C)CO. The van der Waals surface area contributed by atoms with Gasteiger partial charge in [-0.2, -0.15) is 0 Å². The Morgan fingerprint density at radius 3 is 2.04 bits per heavy atom. The van der Waals surface area contributed by atoms with Crippen molar-refractivity contribution in [2.75, 3.05) is 6.61 Å². The van der Waals surface area contributed by atoms with Crippen LogP contribution in [0.4, 0.5) is 0 Å². The van der Waals surface area contributed by atoms with Gasteiger partial charge in [-0.1, -0.05) is 32.9 Å². The molecule has 3 N–H and O–H groups in total. The molecular weight excluding hydrogens is 292 g/mol. The minimum Gasteiger partial charge on any atom is -0.394 e. The summed E-state index contributed by atoms with van der Waals surface area (Å²) in [6.07, 6.45) is 0. The summed E-state index contributed by atoms with van der Waals surface area (Å²) in [5, 5.41) is 14.5. The van der Waals surface area contributed by atoms with Crippen LogP contribution in [0, 0.1) is 0 Å². The maximum Gasteiger partial charge on any atom is 0.251 e. The number of hydrogen-bond donors (Lipinski definition) is 3. The fraction of sp³-hybridized carbons (Fsp3) is 0.556. The van der Waals surface area contributed by atoms with Crippen LogP contribution in [0.2, 0.25) is 0 Å². The van der Waals surface area contributed by atoms with E-state index in [1.54, 1.807) is 32.9 Å². The molecule has 0 spiro atoms. The number of hydrogen-bond acceptors (Lipinski definition) is 3. The summed E-state index contributed by atoms with van der Waals surface area (Å²) in [6, 6.07) is 6.69. The molecule has 1 aromatic rings. The van der Waals surface area contributed by atoms with Gasteiger partial charge >= 0.3 is 0 Å². The predicted molar refractivity (Wildman–Crippen MR) is 91.4 cm³/mol. The number of aliphatic hydroxyl groups excluding tert-OH is 1. The maximum absolute atomic E-state index is 12.2. The summed E-state index contributed by atoms with van der Waals surface area (Å²) < 4.78 is 0. The van der Waals surface area contributed by atoms with Crippen molar-refractivity contribution in [2.45, 2.75) is 58.5 Å². The van der Waals surface area contributed by atoms with Crippen LogP contribution in [0.3, 0.4) is 0 Å². The molecular formula is C18H28N2O3. The highest BCUT2D eigenvalue weighted by atomic mass is 16.3. The molecule has 0 aliphatic heterocycles. The van der Waals surface area contributed by atoms with Gasteiger partial charge < -0.3 is 15.7 Å². The van der Waals surface area contributed by atoms with Gasteiger partial charge in [-0.3, -0.25) is 9.59 Å². The minimum absolute atomic E-state index is 0.0259. The van der Waals surface area contributed by atoms with E-state index in [9.17, 15) is 14.7 Å². The quantitative estimate of drug-likeness (QED) is 0.776. The molecule has 2 amide bonds. The van der Waals surface area contributed by atoms with Crippen molar-refractivity contribution in [2.24, 2.45) is 0 Å². The van der Waals surface area contributed by atoms with Crippen molar-refractivity contribution in [3.05, 3.63) is 35.4 Å². The number of benzene rings is 1. The van der Waals surface area contributed by atoms with Gasteiger partial charge in [0, 0.05) is 5.56 Å². The van der Waals surface area contributed by atoms with Gasteiger partial charge in [0.1, 0.15) is 6.04 Å². The van der Waals surface area contributed by atoms with Crippen LogP contribution in [-0.4, -0.2) is 35.1 Å². The first kappa shape index (κ1) is 19.2. The largest absolute Gasteiger partial charge is 0.394 e. The molecule has 0 bridgehead atoms. The molecule has 1 rings (SSSR count). The number of rotatable bonds is 5. The third kappa shape index (κ3) is 5.67. The lowest BCUT2D eigenvalue weighted by Crippen LogP contribution is -2.53. The molecule has 0 radical (unpaired) electrons. The third-order valence-corrected chi connectivity index (χ3v) is 3.61. The summed E-state index contributed by atoms with van der Waals surface area (Å²) in [5.41, 5.74) is 0.964. The molecule has 0 saturated carbocycles. The summed E-state index contributed by atoms with van der Waals surface area (Å²) >= 11 is 0. The Balaban J connectivity index is 2.70. The zero-order valence-corrected chi connectivity index (χ0v) is 14.9. The first-order valence-electron chi connectivity index (χ1n) is 7.80. The van der Waals surface area contributed by atoms with Crippen LogP contribution < -0.4 is 10.6 Å². The second-order valence-corrected chi connectivity index (χ2v) is 7.55. The normalized spacial score (nSPS) is 13.3. The molecule has 0 heterocycles. The Labute approximate surface area is 138 Å².